The van der Waals surface area contributed by atoms with Crippen molar-refractivity contribution in [2.75, 3.05) is 19.8 Å². The van der Waals surface area contributed by atoms with Crippen molar-refractivity contribution in [2.45, 2.75) is 40.3 Å². The number of nitrogens with zero attached hydrogens (tertiary/aromatic N) is 2. The van der Waals surface area contributed by atoms with E-state index in [2.05, 4.69) is 27.9 Å². The molecule has 1 fully saturated rings. The van der Waals surface area contributed by atoms with E-state index in [9.17, 15) is 24.5 Å². The summed E-state index contributed by atoms with van der Waals surface area (Å²) in [5, 5.41) is 13.2. The van der Waals surface area contributed by atoms with Crippen molar-refractivity contribution in [2.24, 2.45) is 0 Å². The fourth-order valence-corrected chi connectivity index (χ4v) is 5.16. The van der Waals surface area contributed by atoms with Crippen molar-refractivity contribution >= 4 is 52.2 Å². The molecule has 236 valence electrons. The van der Waals surface area contributed by atoms with E-state index >= 15 is 0 Å². The highest BCUT2D eigenvalue weighted by molar-refractivity contribution is 14.1. The number of non-ortho nitro benzene ring substituents is 1. The largest absolute Gasteiger partial charge is 0.490 e. The average molecular weight is 730 g/mol. The molecule has 1 aliphatic heterocycles. The third kappa shape index (κ3) is 8.29. The molecule has 0 saturated carbocycles. The number of hydrogen-bond acceptors (Lipinski definition) is 9. The van der Waals surface area contributed by atoms with Crippen LogP contribution in [0.15, 0.2) is 60.2 Å². The maximum absolute atomic E-state index is 13.5. The lowest BCUT2D eigenvalue weighted by molar-refractivity contribution is -0.384. The fraction of sp³-hybridized carbons (Fsp3) is 0.281. The maximum Gasteiger partial charge on any atom is 0.331 e. The Kier molecular flexibility index (Phi) is 11.4. The van der Waals surface area contributed by atoms with E-state index < -0.39 is 22.8 Å². The number of barbiturate groups is 1. The van der Waals surface area contributed by atoms with Gasteiger partial charge < -0.3 is 18.9 Å². The summed E-state index contributed by atoms with van der Waals surface area (Å²) in [5.41, 5.74) is 1.57. The third-order valence-electron chi connectivity index (χ3n) is 6.47. The van der Waals surface area contributed by atoms with Crippen LogP contribution in [0, 0.1) is 13.7 Å². The highest BCUT2D eigenvalue weighted by Crippen LogP contribution is 2.36. The van der Waals surface area contributed by atoms with Gasteiger partial charge in [-0.15, -0.1) is 0 Å². The zero-order valence-corrected chi connectivity index (χ0v) is 27.1. The number of carbonyl (C=O) groups is 3. The Bertz CT molecular complexity index is 1620. The molecule has 0 aliphatic carbocycles. The summed E-state index contributed by atoms with van der Waals surface area (Å²) in [7, 11) is 0. The molecule has 0 aromatic heterocycles. The van der Waals surface area contributed by atoms with Crippen molar-refractivity contribution in [3.05, 3.63) is 90.5 Å². The summed E-state index contributed by atoms with van der Waals surface area (Å²) in [6.45, 7) is 6.91. The van der Waals surface area contributed by atoms with Gasteiger partial charge in [0.25, 0.3) is 17.5 Å². The zero-order valence-electron chi connectivity index (χ0n) is 25.0. The number of amides is 4. The first-order chi connectivity index (χ1) is 21.6. The molecule has 1 heterocycles. The van der Waals surface area contributed by atoms with Gasteiger partial charge in [-0.05, 0) is 102 Å². The number of urea groups is 1. The normalized spacial score (nSPS) is 13.9. The van der Waals surface area contributed by atoms with E-state index in [0.29, 0.717) is 57.5 Å². The monoisotopic (exact) mass is 729 g/mol. The van der Waals surface area contributed by atoms with Crippen LogP contribution < -0.4 is 24.3 Å². The first-order valence-corrected chi connectivity index (χ1v) is 15.3. The Morgan fingerprint density at radius 1 is 0.867 bits per heavy atom. The van der Waals surface area contributed by atoms with E-state index in [1.807, 2.05) is 13.8 Å². The van der Waals surface area contributed by atoms with Crippen molar-refractivity contribution in [3.8, 4) is 23.0 Å². The van der Waals surface area contributed by atoms with Gasteiger partial charge >= 0.3 is 6.03 Å². The van der Waals surface area contributed by atoms with Gasteiger partial charge in [0.15, 0.2) is 23.0 Å². The summed E-state index contributed by atoms with van der Waals surface area (Å²) in [6, 6.07) is 13.7. The van der Waals surface area contributed by atoms with Crippen LogP contribution >= 0.6 is 22.6 Å². The van der Waals surface area contributed by atoms with E-state index in [0.717, 1.165) is 16.9 Å². The lowest BCUT2D eigenvalue weighted by Crippen LogP contribution is -2.53. The van der Waals surface area contributed by atoms with Gasteiger partial charge in [0, 0.05) is 12.1 Å². The fourth-order valence-electron chi connectivity index (χ4n) is 4.38. The van der Waals surface area contributed by atoms with E-state index in [4.69, 9.17) is 18.9 Å². The van der Waals surface area contributed by atoms with Gasteiger partial charge in [-0.3, -0.25) is 29.9 Å². The number of halogens is 1. The van der Waals surface area contributed by atoms with Gasteiger partial charge in [-0.1, -0.05) is 13.0 Å². The Morgan fingerprint density at radius 2 is 1.56 bits per heavy atom. The van der Waals surface area contributed by atoms with Crippen molar-refractivity contribution in [3.63, 3.8) is 0 Å². The van der Waals surface area contributed by atoms with Gasteiger partial charge in [0.1, 0.15) is 12.2 Å². The number of ether oxygens (including phenoxy) is 4. The van der Waals surface area contributed by atoms with Crippen LogP contribution in [0.5, 0.6) is 23.0 Å². The Balaban J connectivity index is 1.57. The van der Waals surface area contributed by atoms with Crippen molar-refractivity contribution < 1.29 is 38.3 Å². The summed E-state index contributed by atoms with van der Waals surface area (Å²) in [4.78, 5) is 50.4. The minimum Gasteiger partial charge on any atom is -0.490 e. The summed E-state index contributed by atoms with van der Waals surface area (Å²) < 4.78 is 23.9. The molecule has 0 spiro atoms. The standard InChI is InChI=1S/C32H32IN3O9/c1-4-13-44-26-12-9-21(16-27(26)42-5-2)18-35-31(38)24(30(37)34-32(35)39)14-22-15-25(33)29(28(17-22)43-6-3)45-19-20-7-10-23(11-8-20)36(40)41/h7-12,14-17H,4-6,13,18-19H2,1-3H3,(H,34,37,39)/b24-14+. The molecule has 4 rings (SSSR count). The Hall–Kier alpha value is -4.66. The molecular weight excluding hydrogens is 697 g/mol. The highest BCUT2D eigenvalue weighted by atomic mass is 127. The molecule has 4 amide bonds. The quantitative estimate of drug-likeness (QED) is 0.0692. The zero-order chi connectivity index (χ0) is 32.5. The minimum absolute atomic E-state index is 0.0209. The second-order valence-corrected chi connectivity index (χ2v) is 10.9. The molecular formula is C32H32IN3O9. The number of nitro groups is 1. The summed E-state index contributed by atoms with van der Waals surface area (Å²) >= 11 is 2.06. The number of nitrogens with one attached hydrogen (secondary N) is 1. The smallest absolute Gasteiger partial charge is 0.331 e. The second-order valence-electron chi connectivity index (χ2n) is 9.75. The predicted molar refractivity (Wildman–Crippen MR) is 173 cm³/mol. The first kappa shape index (κ1) is 33.2. The third-order valence-corrected chi connectivity index (χ3v) is 7.27. The first-order valence-electron chi connectivity index (χ1n) is 14.2. The van der Waals surface area contributed by atoms with Crippen LogP contribution in [-0.4, -0.2) is 47.5 Å². The number of imide groups is 2. The lowest BCUT2D eigenvalue weighted by Gasteiger charge is -2.26. The van der Waals surface area contributed by atoms with Gasteiger partial charge in [0.2, 0.25) is 0 Å². The number of benzene rings is 3. The molecule has 1 saturated heterocycles. The molecule has 3 aromatic carbocycles. The molecule has 45 heavy (non-hydrogen) atoms. The van der Waals surface area contributed by atoms with Crippen LogP contribution in [0.4, 0.5) is 10.5 Å². The minimum atomic E-state index is -0.828. The number of carbonyl (C=O) groups excluding carboxylic acids is 3. The molecule has 0 radical (unpaired) electrons. The van der Waals surface area contributed by atoms with Crippen LogP contribution in [0.1, 0.15) is 43.9 Å². The molecule has 0 atom stereocenters. The SMILES string of the molecule is CCCOc1ccc(CN2C(=O)NC(=O)/C(=C\c3cc(I)c(OCc4ccc([N+](=O)[O-])cc4)c(OCC)c3)C2=O)cc1OCC. The molecule has 1 N–H and O–H groups in total. The van der Waals surface area contributed by atoms with Crippen LogP contribution in [0.2, 0.25) is 0 Å². The summed E-state index contributed by atoms with van der Waals surface area (Å²) in [6.07, 6.45) is 2.22. The van der Waals surface area contributed by atoms with Crippen molar-refractivity contribution in [1.29, 1.82) is 0 Å². The number of rotatable bonds is 14. The predicted octanol–water partition coefficient (Wildman–Crippen LogP) is 6.03. The van der Waals surface area contributed by atoms with Gasteiger partial charge in [-0.25, -0.2) is 4.79 Å². The van der Waals surface area contributed by atoms with E-state index in [-0.39, 0.29) is 24.4 Å². The number of hydrogen-bond donors (Lipinski definition) is 1. The Morgan fingerprint density at radius 3 is 2.22 bits per heavy atom. The maximum atomic E-state index is 13.5. The van der Waals surface area contributed by atoms with Crippen LogP contribution in [0.25, 0.3) is 6.08 Å². The van der Waals surface area contributed by atoms with Crippen molar-refractivity contribution in [1.82, 2.24) is 10.2 Å². The van der Waals surface area contributed by atoms with E-state index in [1.165, 1.54) is 18.2 Å². The molecule has 12 nitrogen and oxygen atoms in total. The van der Waals surface area contributed by atoms with E-state index in [1.54, 1.807) is 49.4 Å². The highest BCUT2D eigenvalue weighted by Gasteiger charge is 2.36. The molecule has 13 heteroatoms. The molecule has 1 aliphatic rings. The number of nitro benzene ring substituents is 1. The Labute approximate surface area is 273 Å². The van der Waals surface area contributed by atoms with Crippen LogP contribution in [-0.2, 0) is 22.7 Å². The molecule has 0 unspecified atom stereocenters. The topological polar surface area (TPSA) is 147 Å². The summed E-state index contributed by atoms with van der Waals surface area (Å²) in [5.74, 6) is 0.307. The molecule has 3 aromatic rings. The second kappa shape index (κ2) is 15.4. The van der Waals surface area contributed by atoms with Crippen LogP contribution in [0.3, 0.4) is 0 Å². The molecule has 0 bridgehead atoms. The average Bonchev–Trinajstić information content (AvgIpc) is 3.01. The lowest BCUT2D eigenvalue weighted by atomic mass is 10.1. The van der Waals surface area contributed by atoms with Gasteiger partial charge in [0.05, 0.1) is 34.9 Å². The van der Waals surface area contributed by atoms with Gasteiger partial charge in [-0.2, -0.15) is 0 Å².